The van der Waals surface area contributed by atoms with Crippen molar-refractivity contribution >= 4 is 23.3 Å². The highest BCUT2D eigenvalue weighted by Crippen LogP contribution is 2.35. The van der Waals surface area contributed by atoms with E-state index in [0.717, 1.165) is 0 Å². The molecule has 1 aliphatic rings. The second kappa shape index (κ2) is 4.33. The number of aromatic carboxylic acids is 1. The normalized spacial score (nSPS) is 18.6. The lowest BCUT2D eigenvalue weighted by atomic mass is 10.0. The number of carbonyl (C=O) groups is 2. The lowest BCUT2D eigenvalue weighted by Crippen LogP contribution is -2.49. The highest BCUT2D eigenvalue weighted by Gasteiger charge is 2.33. The van der Waals surface area contributed by atoms with Gasteiger partial charge in [0.2, 0.25) is 5.91 Å². The largest absolute Gasteiger partial charge is 0.478 e. The second-order valence-corrected chi connectivity index (χ2v) is 4.67. The Kier molecular flexibility index (Phi) is 2.98. The monoisotopic (exact) mass is 248 g/mol. The summed E-state index contributed by atoms with van der Waals surface area (Å²) in [5, 5.41) is 12.1. The second-order valence-electron chi connectivity index (χ2n) is 4.67. The maximum atomic E-state index is 12.1. The number of benzene rings is 1. The Morgan fingerprint density at radius 2 is 2.11 bits per heavy atom. The van der Waals surface area contributed by atoms with Gasteiger partial charge in [-0.1, -0.05) is 6.07 Å². The van der Waals surface area contributed by atoms with Gasteiger partial charge in [0.25, 0.3) is 0 Å². The summed E-state index contributed by atoms with van der Waals surface area (Å²) in [5.41, 5.74) is 1.34. The van der Waals surface area contributed by atoms with Crippen molar-refractivity contribution in [3.8, 4) is 0 Å². The first-order valence-electron chi connectivity index (χ1n) is 5.89. The number of hydrogen-bond acceptors (Lipinski definition) is 3. The number of carbonyl (C=O) groups excluding carboxylic acids is 1. The van der Waals surface area contributed by atoms with Gasteiger partial charge >= 0.3 is 5.97 Å². The number of amides is 1. The predicted octanol–water partition coefficient (Wildman–Crippen LogP) is 1.94. The summed E-state index contributed by atoms with van der Waals surface area (Å²) in [5.74, 6) is -1.04. The molecule has 1 atom stereocenters. The van der Waals surface area contributed by atoms with Gasteiger partial charge in [0, 0.05) is 6.04 Å². The van der Waals surface area contributed by atoms with Gasteiger partial charge in [-0.3, -0.25) is 4.79 Å². The van der Waals surface area contributed by atoms with Gasteiger partial charge in [-0.05, 0) is 32.9 Å². The summed E-state index contributed by atoms with van der Waals surface area (Å²) in [4.78, 5) is 25.0. The third kappa shape index (κ3) is 1.81. The molecule has 0 radical (unpaired) electrons. The van der Waals surface area contributed by atoms with E-state index < -0.39 is 12.0 Å². The summed E-state index contributed by atoms with van der Waals surface area (Å²) >= 11 is 0. The summed E-state index contributed by atoms with van der Waals surface area (Å²) in [7, 11) is 0. The van der Waals surface area contributed by atoms with Gasteiger partial charge in [0.1, 0.15) is 6.04 Å². The van der Waals surface area contributed by atoms with Crippen molar-refractivity contribution in [3.63, 3.8) is 0 Å². The van der Waals surface area contributed by atoms with Crippen LogP contribution in [0, 0.1) is 0 Å². The van der Waals surface area contributed by atoms with E-state index in [9.17, 15) is 14.7 Å². The molecule has 0 spiro atoms. The number of nitrogens with one attached hydrogen (secondary N) is 1. The molecule has 1 amide bonds. The molecule has 1 unspecified atom stereocenters. The number of anilines is 2. The molecule has 1 aromatic carbocycles. The van der Waals surface area contributed by atoms with Crippen LogP contribution < -0.4 is 10.2 Å². The van der Waals surface area contributed by atoms with Gasteiger partial charge in [0.05, 0.1) is 16.9 Å². The van der Waals surface area contributed by atoms with E-state index in [1.807, 2.05) is 13.8 Å². The van der Waals surface area contributed by atoms with Crippen molar-refractivity contribution in [2.75, 3.05) is 10.2 Å². The summed E-state index contributed by atoms with van der Waals surface area (Å²) in [6, 6.07) is 4.53. The topological polar surface area (TPSA) is 69.6 Å². The molecular formula is C13H16N2O3. The smallest absolute Gasteiger partial charge is 0.337 e. The molecular weight excluding hydrogens is 232 g/mol. The zero-order chi connectivity index (χ0) is 13.4. The molecule has 2 N–H and O–H groups in total. The highest BCUT2D eigenvalue weighted by atomic mass is 16.4. The Bertz CT molecular complexity index is 511. The number of para-hydroxylation sites is 1. The molecule has 0 aromatic heterocycles. The average Bonchev–Trinajstić information content (AvgIpc) is 2.29. The van der Waals surface area contributed by atoms with Crippen molar-refractivity contribution in [1.82, 2.24) is 0 Å². The van der Waals surface area contributed by atoms with E-state index in [0.29, 0.717) is 11.4 Å². The van der Waals surface area contributed by atoms with E-state index in [4.69, 9.17) is 0 Å². The van der Waals surface area contributed by atoms with Crippen LogP contribution in [-0.4, -0.2) is 29.1 Å². The minimum atomic E-state index is -0.996. The van der Waals surface area contributed by atoms with Crippen molar-refractivity contribution < 1.29 is 14.7 Å². The van der Waals surface area contributed by atoms with Crippen LogP contribution in [-0.2, 0) is 4.79 Å². The van der Waals surface area contributed by atoms with Gasteiger partial charge < -0.3 is 15.3 Å². The highest BCUT2D eigenvalue weighted by molar-refractivity contribution is 6.09. The fraction of sp³-hybridized carbons (Fsp3) is 0.385. The Morgan fingerprint density at radius 3 is 2.67 bits per heavy atom. The molecule has 1 aromatic rings. The fourth-order valence-electron chi connectivity index (χ4n) is 2.21. The number of nitrogens with zero attached hydrogens (tertiary/aromatic N) is 1. The SMILES string of the molecule is CC1Nc2c(C(=O)O)cccc2N(C(C)C)C1=O. The summed E-state index contributed by atoms with van der Waals surface area (Å²) < 4.78 is 0. The molecule has 1 aliphatic heterocycles. The molecule has 5 nitrogen and oxygen atoms in total. The van der Waals surface area contributed by atoms with Crippen LogP contribution in [0.15, 0.2) is 18.2 Å². The van der Waals surface area contributed by atoms with E-state index in [1.54, 1.807) is 24.0 Å². The zero-order valence-corrected chi connectivity index (χ0v) is 10.6. The van der Waals surface area contributed by atoms with E-state index in [-0.39, 0.29) is 17.5 Å². The molecule has 18 heavy (non-hydrogen) atoms. The number of rotatable bonds is 2. The Morgan fingerprint density at radius 1 is 1.44 bits per heavy atom. The average molecular weight is 248 g/mol. The third-order valence-electron chi connectivity index (χ3n) is 3.02. The lowest BCUT2D eigenvalue weighted by molar-refractivity contribution is -0.119. The third-order valence-corrected chi connectivity index (χ3v) is 3.02. The van der Waals surface area contributed by atoms with Gasteiger partial charge in [0.15, 0.2) is 0 Å². The van der Waals surface area contributed by atoms with E-state index in [2.05, 4.69) is 5.32 Å². The van der Waals surface area contributed by atoms with Crippen LogP contribution in [0.4, 0.5) is 11.4 Å². The lowest BCUT2D eigenvalue weighted by Gasteiger charge is -2.37. The number of hydrogen-bond donors (Lipinski definition) is 2. The maximum absolute atomic E-state index is 12.1. The van der Waals surface area contributed by atoms with Gasteiger partial charge in [-0.15, -0.1) is 0 Å². The van der Waals surface area contributed by atoms with Crippen LogP contribution in [0.5, 0.6) is 0 Å². The molecule has 2 rings (SSSR count). The van der Waals surface area contributed by atoms with E-state index in [1.165, 1.54) is 6.07 Å². The first-order chi connectivity index (χ1) is 8.43. The van der Waals surface area contributed by atoms with Crippen molar-refractivity contribution in [2.24, 2.45) is 0 Å². The number of carboxylic acids is 1. The maximum Gasteiger partial charge on any atom is 0.337 e. The van der Waals surface area contributed by atoms with Crippen LogP contribution in [0.3, 0.4) is 0 Å². The molecule has 0 aliphatic carbocycles. The summed E-state index contributed by atoms with van der Waals surface area (Å²) in [6.45, 7) is 5.56. The van der Waals surface area contributed by atoms with Crippen molar-refractivity contribution in [2.45, 2.75) is 32.9 Å². The van der Waals surface area contributed by atoms with E-state index >= 15 is 0 Å². The standard InChI is InChI=1S/C13H16N2O3/c1-7(2)15-10-6-4-5-9(13(17)18)11(10)14-8(3)12(15)16/h4-8,14H,1-3H3,(H,17,18). The van der Waals surface area contributed by atoms with Crippen LogP contribution in [0.2, 0.25) is 0 Å². The Labute approximate surface area is 105 Å². The summed E-state index contributed by atoms with van der Waals surface area (Å²) in [6.07, 6.45) is 0. The molecule has 0 bridgehead atoms. The quantitative estimate of drug-likeness (QED) is 0.839. The number of fused-ring (bicyclic) bond motifs is 1. The molecule has 1 heterocycles. The zero-order valence-electron chi connectivity index (χ0n) is 10.6. The Hall–Kier alpha value is -2.04. The minimum absolute atomic E-state index is 0.00940. The first-order valence-corrected chi connectivity index (χ1v) is 5.89. The van der Waals surface area contributed by atoms with Crippen LogP contribution in [0.1, 0.15) is 31.1 Å². The predicted molar refractivity (Wildman–Crippen MR) is 69.1 cm³/mol. The van der Waals surface area contributed by atoms with Crippen LogP contribution in [0.25, 0.3) is 0 Å². The minimum Gasteiger partial charge on any atom is -0.478 e. The molecule has 5 heteroatoms. The molecule has 0 fully saturated rings. The van der Waals surface area contributed by atoms with Crippen molar-refractivity contribution in [1.29, 1.82) is 0 Å². The molecule has 0 saturated heterocycles. The Balaban J connectivity index is 2.62. The van der Waals surface area contributed by atoms with Gasteiger partial charge in [-0.25, -0.2) is 4.79 Å². The first kappa shape index (κ1) is 12.4. The number of carboxylic acid groups (broad SMARTS) is 1. The fourth-order valence-corrected chi connectivity index (χ4v) is 2.21. The van der Waals surface area contributed by atoms with Gasteiger partial charge in [-0.2, -0.15) is 0 Å². The molecule has 0 saturated carbocycles. The molecule has 96 valence electrons. The van der Waals surface area contributed by atoms with Crippen LogP contribution >= 0.6 is 0 Å². The van der Waals surface area contributed by atoms with Crippen molar-refractivity contribution in [3.05, 3.63) is 23.8 Å².